The van der Waals surface area contributed by atoms with E-state index in [4.69, 9.17) is 4.74 Å². The molecule has 1 radical (unpaired) electrons. The summed E-state index contributed by atoms with van der Waals surface area (Å²) < 4.78 is 18.4. The molecular formula is C15H17LiO2P. The Morgan fingerprint density at radius 1 is 0.895 bits per heavy atom. The average molecular weight is 267 g/mol. The topological polar surface area (TPSA) is 26.3 Å². The van der Waals surface area contributed by atoms with Crippen LogP contribution in [0.2, 0.25) is 0 Å². The fourth-order valence-corrected chi connectivity index (χ4v) is 4.53. The summed E-state index contributed by atoms with van der Waals surface area (Å²) in [6.07, 6.45) is 0.539. The van der Waals surface area contributed by atoms with Gasteiger partial charge < -0.3 is 9.30 Å². The van der Waals surface area contributed by atoms with Crippen LogP contribution in [0, 0.1) is 0 Å². The normalized spacial score (nSPS) is 10.8. The summed E-state index contributed by atoms with van der Waals surface area (Å²) in [7, 11) is -0.926. The Morgan fingerprint density at radius 2 is 1.32 bits per heavy atom. The number of methoxy groups -OCH3 is 1. The number of rotatable bonds is 5. The van der Waals surface area contributed by atoms with Gasteiger partial charge in [-0.15, -0.1) is 0 Å². The number of hydrogen-bond acceptors (Lipinski definition) is 2. The zero-order chi connectivity index (χ0) is 12.8. The van der Waals surface area contributed by atoms with Gasteiger partial charge in [-0.25, -0.2) is 0 Å². The van der Waals surface area contributed by atoms with Gasteiger partial charge in [-0.3, -0.25) is 0 Å². The van der Waals surface area contributed by atoms with Crippen LogP contribution in [0.1, 0.15) is 0 Å². The first-order chi connectivity index (χ1) is 8.77. The molecule has 0 aliphatic rings. The molecule has 0 N–H and O–H groups in total. The van der Waals surface area contributed by atoms with Crippen molar-refractivity contribution in [2.24, 2.45) is 0 Å². The molecule has 2 aromatic rings. The van der Waals surface area contributed by atoms with Crippen molar-refractivity contribution in [1.29, 1.82) is 0 Å². The molecular weight excluding hydrogens is 250 g/mol. The quantitative estimate of drug-likeness (QED) is 0.613. The molecule has 0 spiro atoms. The molecule has 0 amide bonds. The van der Waals surface area contributed by atoms with Gasteiger partial charge in [-0.2, -0.15) is 0 Å². The molecule has 0 aliphatic heterocycles. The first-order valence-electron chi connectivity index (χ1n) is 5.96. The minimum absolute atomic E-state index is 0. The van der Waals surface area contributed by atoms with Gasteiger partial charge in [0.2, 0.25) is 0 Å². The van der Waals surface area contributed by atoms with E-state index in [1.807, 2.05) is 60.7 Å². The van der Waals surface area contributed by atoms with E-state index in [9.17, 15) is 4.57 Å². The third-order valence-corrected chi connectivity index (χ3v) is 6.03. The van der Waals surface area contributed by atoms with Crippen molar-refractivity contribution in [1.82, 2.24) is 0 Å². The molecule has 95 valence electrons. The van der Waals surface area contributed by atoms with Gasteiger partial charge in [-0.05, 0) is 0 Å². The van der Waals surface area contributed by atoms with E-state index < -0.39 is 7.14 Å². The Bertz CT molecular complexity index is 485. The zero-order valence-electron chi connectivity index (χ0n) is 11.5. The molecule has 0 aromatic heterocycles. The van der Waals surface area contributed by atoms with E-state index in [0.717, 1.165) is 10.6 Å². The summed E-state index contributed by atoms with van der Waals surface area (Å²) in [6, 6.07) is 19.3. The Morgan fingerprint density at radius 3 is 1.68 bits per heavy atom. The zero-order valence-corrected chi connectivity index (χ0v) is 12.3. The van der Waals surface area contributed by atoms with Gasteiger partial charge in [0.1, 0.15) is 7.14 Å². The van der Waals surface area contributed by atoms with E-state index in [2.05, 4.69) is 0 Å². The second kappa shape index (κ2) is 7.73. The van der Waals surface area contributed by atoms with Crippen LogP contribution in [-0.4, -0.2) is 38.7 Å². The summed E-state index contributed by atoms with van der Waals surface area (Å²) in [4.78, 5) is 0. The standard InChI is InChI=1S/C15H17O2P.Li/c1-17-12-13-18(16,14-8-4-2-5-9-14)15-10-6-3-7-11-15;/h2-11H,12-13H2,1H3;. The van der Waals surface area contributed by atoms with Crippen LogP contribution in [0.15, 0.2) is 60.7 Å². The molecule has 2 aromatic carbocycles. The number of benzene rings is 2. The van der Waals surface area contributed by atoms with Crippen LogP contribution in [0.5, 0.6) is 0 Å². The Hall–Kier alpha value is -0.773. The first-order valence-corrected chi connectivity index (χ1v) is 7.86. The minimum atomic E-state index is -2.57. The predicted molar refractivity (Wildman–Crippen MR) is 82.3 cm³/mol. The second-order valence-electron chi connectivity index (χ2n) is 4.13. The molecule has 0 fully saturated rings. The molecule has 0 saturated carbocycles. The third-order valence-electron chi connectivity index (χ3n) is 2.96. The SMILES string of the molecule is COCCP(=O)(c1ccccc1)c1ccccc1.[Li]. The van der Waals surface area contributed by atoms with Crippen molar-refractivity contribution in [2.75, 3.05) is 19.9 Å². The largest absolute Gasteiger partial charge is 0.384 e. The van der Waals surface area contributed by atoms with E-state index in [0.29, 0.717) is 12.8 Å². The van der Waals surface area contributed by atoms with E-state index in [1.165, 1.54) is 0 Å². The van der Waals surface area contributed by atoms with Gasteiger partial charge in [0.15, 0.2) is 0 Å². The smallest absolute Gasteiger partial charge is 0.145 e. The molecule has 0 heterocycles. The molecule has 0 saturated heterocycles. The average Bonchev–Trinajstić information content (AvgIpc) is 2.46. The summed E-state index contributed by atoms with van der Waals surface area (Å²) in [5, 5.41) is 1.79. The van der Waals surface area contributed by atoms with Gasteiger partial charge in [-0.1, -0.05) is 60.7 Å². The third kappa shape index (κ3) is 3.85. The fraction of sp³-hybridized carbons (Fsp3) is 0.200. The van der Waals surface area contributed by atoms with Crippen molar-refractivity contribution >= 4 is 36.6 Å². The van der Waals surface area contributed by atoms with E-state index in [-0.39, 0.29) is 18.9 Å². The van der Waals surface area contributed by atoms with Gasteiger partial charge in [0, 0.05) is 42.7 Å². The van der Waals surface area contributed by atoms with Crippen LogP contribution >= 0.6 is 7.14 Å². The molecule has 2 nitrogen and oxygen atoms in total. The van der Waals surface area contributed by atoms with Crippen LogP contribution in [0.25, 0.3) is 0 Å². The van der Waals surface area contributed by atoms with Gasteiger partial charge in [0.05, 0.1) is 6.61 Å². The van der Waals surface area contributed by atoms with E-state index in [1.54, 1.807) is 7.11 Å². The van der Waals surface area contributed by atoms with Crippen LogP contribution in [-0.2, 0) is 9.30 Å². The Balaban J connectivity index is 0.00000180. The van der Waals surface area contributed by atoms with Crippen molar-refractivity contribution in [3.05, 3.63) is 60.7 Å². The molecule has 4 heteroatoms. The monoisotopic (exact) mass is 267 g/mol. The maximum absolute atomic E-state index is 13.3. The predicted octanol–water partition coefficient (Wildman–Crippen LogP) is 2.27. The minimum Gasteiger partial charge on any atom is -0.384 e. The van der Waals surface area contributed by atoms with Crippen molar-refractivity contribution < 1.29 is 9.30 Å². The Kier molecular flexibility index (Phi) is 6.62. The first kappa shape index (κ1) is 16.3. The molecule has 0 aliphatic carbocycles. The second-order valence-corrected chi connectivity index (χ2v) is 7.09. The number of ether oxygens (including phenoxy) is 1. The van der Waals surface area contributed by atoms with Gasteiger partial charge >= 0.3 is 0 Å². The summed E-state index contributed by atoms with van der Waals surface area (Å²) >= 11 is 0. The Labute approximate surface area is 126 Å². The summed E-state index contributed by atoms with van der Waals surface area (Å²) in [5.41, 5.74) is 0. The van der Waals surface area contributed by atoms with Crippen LogP contribution < -0.4 is 10.6 Å². The summed E-state index contributed by atoms with van der Waals surface area (Å²) in [5.74, 6) is 0. The molecule has 2 rings (SSSR count). The maximum atomic E-state index is 13.3. The molecule has 0 bridgehead atoms. The molecule has 19 heavy (non-hydrogen) atoms. The fourth-order valence-electron chi connectivity index (χ4n) is 1.96. The van der Waals surface area contributed by atoms with Crippen molar-refractivity contribution in [3.63, 3.8) is 0 Å². The molecule has 0 atom stereocenters. The van der Waals surface area contributed by atoms with Crippen molar-refractivity contribution in [2.45, 2.75) is 0 Å². The number of hydrogen-bond donors (Lipinski definition) is 0. The summed E-state index contributed by atoms with van der Waals surface area (Å²) in [6.45, 7) is 0.501. The maximum Gasteiger partial charge on any atom is 0.145 e. The van der Waals surface area contributed by atoms with Crippen molar-refractivity contribution in [3.8, 4) is 0 Å². The van der Waals surface area contributed by atoms with E-state index >= 15 is 0 Å². The molecule has 0 unspecified atom stereocenters. The van der Waals surface area contributed by atoms with Crippen LogP contribution in [0.4, 0.5) is 0 Å². The van der Waals surface area contributed by atoms with Gasteiger partial charge in [0.25, 0.3) is 0 Å². The van der Waals surface area contributed by atoms with Crippen LogP contribution in [0.3, 0.4) is 0 Å².